The number of benzene rings is 2. The van der Waals surface area contributed by atoms with E-state index in [4.69, 9.17) is 0 Å². The number of hydrogen-bond donors (Lipinski definition) is 2. The lowest BCUT2D eigenvalue weighted by atomic mass is 9.74. The summed E-state index contributed by atoms with van der Waals surface area (Å²) in [5, 5.41) is 10.1. The molecule has 2 N–H and O–H groups in total. The van der Waals surface area contributed by atoms with Crippen LogP contribution in [0.1, 0.15) is 104 Å². The molecule has 0 saturated heterocycles. The molecule has 0 spiro atoms. The number of nitrogens with one attached hydrogen (secondary N) is 1. The molecule has 0 aliphatic heterocycles. The summed E-state index contributed by atoms with van der Waals surface area (Å²) in [6.45, 7) is 15.8. The quantitative estimate of drug-likeness (QED) is 0.143. The van der Waals surface area contributed by atoms with E-state index in [9.17, 15) is 9.90 Å². The number of unbranched alkanes of at least 4 members (excludes halogenated alkanes) is 1. The van der Waals surface area contributed by atoms with Crippen LogP contribution in [-0.4, -0.2) is 35.3 Å². The van der Waals surface area contributed by atoms with E-state index in [-0.39, 0.29) is 17.9 Å². The van der Waals surface area contributed by atoms with Gasteiger partial charge in [0.25, 0.3) is 0 Å². The summed E-state index contributed by atoms with van der Waals surface area (Å²) in [5.74, 6) is 1.11. The molecule has 0 atom stereocenters. The summed E-state index contributed by atoms with van der Waals surface area (Å²) in [6, 6.07) is 15.0. The molecule has 0 bridgehead atoms. The van der Waals surface area contributed by atoms with E-state index < -0.39 is 0 Å². The van der Waals surface area contributed by atoms with Gasteiger partial charge in [0.2, 0.25) is 5.91 Å². The maximum atomic E-state index is 14.4. The van der Waals surface area contributed by atoms with Gasteiger partial charge >= 0.3 is 0 Å². The number of allylic oxidation sites excluding steroid dienone is 3. The highest BCUT2D eigenvalue weighted by Crippen LogP contribution is 2.47. The lowest BCUT2D eigenvalue weighted by molar-refractivity contribution is -0.143. The Kier molecular flexibility index (Phi) is 12.6. The van der Waals surface area contributed by atoms with E-state index in [2.05, 4.69) is 93.4 Å². The van der Waals surface area contributed by atoms with Crippen LogP contribution in [0.3, 0.4) is 0 Å². The number of aliphatic imine (C=N–C) groups is 1. The SMILES string of the molecule is C=C(CCCC)N(Cc1ccc(-c2ccccc2SN/C(=C(\C)C(C)=NC)C2CC2)c(CCO)c1)C(=O)C1(C(C)C)CCCC1. The standard InChI is InChI=1S/C39H55N3O2S/c1-8-9-14-28(4)42(38(44)39(27(2)3)22-12-13-23-39)26-31-17-20-34(33(25-31)21-24-43)35-15-10-11-16-36(35)45-41-37(32-18-19-32)29(5)30(6)40-7/h10-11,15-17,20,25,27,32,41,43H,4,8-9,12-14,18-19,21-24,26H2,1-3,5-7H3/b37-29+,40-30?. The molecular formula is C39H55N3O2S. The van der Waals surface area contributed by atoms with Crippen LogP contribution in [-0.2, 0) is 17.8 Å². The Labute approximate surface area is 276 Å². The molecule has 2 aromatic carbocycles. The molecule has 4 rings (SSSR count). The summed E-state index contributed by atoms with van der Waals surface area (Å²) in [5.41, 5.74) is 8.63. The van der Waals surface area contributed by atoms with Crippen molar-refractivity contribution in [2.75, 3.05) is 13.7 Å². The molecule has 0 unspecified atom stereocenters. The number of carbonyl (C=O) groups excluding carboxylic acids is 1. The average Bonchev–Trinajstić information content (AvgIpc) is 3.75. The maximum Gasteiger partial charge on any atom is 0.233 e. The highest BCUT2D eigenvalue weighted by atomic mass is 32.2. The van der Waals surface area contributed by atoms with Crippen LogP contribution in [0.5, 0.6) is 0 Å². The molecule has 6 heteroatoms. The van der Waals surface area contributed by atoms with E-state index in [0.717, 1.165) is 83.5 Å². The average molecular weight is 630 g/mol. The Balaban J connectivity index is 1.65. The lowest BCUT2D eigenvalue weighted by Crippen LogP contribution is -2.44. The second-order valence-electron chi connectivity index (χ2n) is 13.4. The lowest BCUT2D eigenvalue weighted by Gasteiger charge is -2.38. The van der Waals surface area contributed by atoms with Crippen LogP contribution in [0, 0.1) is 17.3 Å². The Morgan fingerprint density at radius 2 is 1.84 bits per heavy atom. The highest BCUT2D eigenvalue weighted by Gasteiger charge is 2.46. The number of hydrogen-bond acceptors (Lipinski definition) is 5. The van der Waals surface area contributed by atoms with Crippen molar-refractivity contribution in [2.24, 2.45) is 22.2 Å². The van der Waals surface area contributed by atoms with E-state index >= 15 is 0 Å². The topological polar surface area (TPSA) is 64.9 Å². The molecule has 0 aromatic heterocycles. The van der Waals surface area contributed by atoms with Gasteiger partial charge in [0.15, 0.2) is 0 Å². The van der Waals surface area contributed by atoms with Gasteiger partial charge in [-0.2, -0.15) is 0 Å². The predicted molar refractivity (Wildman–Crippen MR) is 191 cm³/mol. The monoisotopic (exact) mass is 629 g/mol. The van der Waals surface area contributed by atoms with Crippen LogP contribution in [0.15, 0.2) is 75.9 Å². The molecule has 2 fully saturated rings. The van der Waals surface area contributed by atoms with Crippen molar-refractivity contribution >= 4 is 23.6 Å². The van der Waals surface area contributed by atoms with Gasteiger partial charge in [0.05, 0.1) is 12.0 Å². The van der Waals surface area contributed by atoms with Crippen LogP contribution in [0.2, 0.25) is 0 Å². The fourth-order valence-electron chi connectivity index (χ4n) is 6.76. The van der Waals surface area contributed by atoms with E-state index in [0.29, 0.717) is 24.8 Å². The minimum absolute atomic E-state index is 0.0652. The van der Waals surface area contributed by atoms with E-state index in [1.165, 1.54) is 24.1 Å². The van der Waals surface area contributed by atoms with Gasteiger partial charge in [-0.15, -0.1) is 0 Å². The van der Waals surface area contributed by atoms with Crippen molar-refractivity contribution in [3.8, 4) is 11.1 Å². The minimum atomic E-state index is -0.306. The Hall–Kier alpha value is -2.83. The van der Waals surface area contributed by atoms with Gasteiger partial charge in [-0.05, 0) is 116 Å². The number of aliphatic hydroxyl groups is 1. The van der Waals surface area contributed by atoms with E-state index in [1.54, 1.807) is 11.9 Å². The predicted octanol–water partition coefficient (Wildman–Crippen LogP) is 9.51. The summed E-state index contributed by atoms with van der Waals surface area (Å²) in [6.07, 6.45) is 10.0. The van der Waals surface area contributed by atoms with Gasteiger partial charge < -0.3 is 14.7 Å². The zero-order valence-corrected chi connectivity index (χ0v) is 29.4. The molecular weight excluding hydrogens is 575 g/mol. The highest BCUT2D eigenvalue weighted by molar-refractivity contribution is 7.97. The molecule has 0 radical (unpaired) electrons. The maximum absolute atomic E-state index is 14.4. The first-order valence-electron chi connectivity index (χ1n) is 17.1. The summed E-state index contributed by atoms with van der Waals surface area (Å²) < 4.78 is 3.71. The summed E-state index contributed by atoms with van der Waals surface area (Å²) >= 11 is 1.66. The fourth-order valence-corrected chi connectivity index (χ4v) is 7.74. The van der Waals surface area contributed by atoms with Gasteiger partial charge in [0, 0.05) is 35.7 Å². The van der Waals surface area contributed by atoms with Crippen molar-refractivity contribution in [3.63, 3.8) is 0 Å². The van der Waals surface area contributed by atoms with Crippen molar-refractivity contribution in [3.05, 3.63) is 77.1 Å². The minimum Gasteiger partial charge on any atom is -0.396 e. The first kappa shape index (κ1) is 35.0. The summed E-state index contributed by atoms with van der Waals surface area (Å²) in [4.78, 5) is 21.9. The van der Waals surface area contributed by atoms with Gasteiger partial charge in [-0.1, -0.05) is 83.0 Å². The van der Waals surface area contributed by atoms with Crippen molar-refractivity contribution in [1.82, 2.24) is 9.62 Å². The third-order valence-corrected chi connectivity index (χ3v) is 11.0. The first-order valence-corrected chi connectivity index (χ1v) is 17.9. The molecule has 244 valence electrons. The van der Waals surface area contributed by atoms with E-state index in [1.807, 2.05) is 11.9 Å². The number of aliphatic hydroxyl groups excluding tert-OH is 1. The molecule has 2 aliphatic carbocycles. The van der Waals surface area contributed by atoms with Crippen LogP contribution in [0.4, 0.5) is 0 Å². The number of rotatable bonds is 16. The van der Waals surface area contributed by atoms with Crippen molar-refractivity contribution in [2.45, 2.75) is 110 Å². The van der Waals surface area contributed by atoms with Crippen LogP contribution < -0.4 is 4.72 Å². The molecule has 0 heterocycles. The smallest absolute Gasteiger partial charge is 0.233 e. The number of carbonyl (C=O) groups is 1. The normalized spacial score (nSPS) is 16.9. The number of amides is 1. The molecule has 2 saturated carbocycles. The van der Waals surface area contributed by atoms with Crippen LogP contribution >= 0.6 is 11.9 Å². The third kappa shape index (κ3) is 8.31. The molecule has 2 aromatic rings. The first-order chi connectivity index (χ1) is 21.7. The second kappa shape index (κ2) is 16.1. The zero-order valence-electron chi connectivity index (χ0n) is 28.5. The second-order valence-corrected chi connectivity index (χ2v) is 14.2. The molecule has 2 aliphatic rings. The fraction of sp³-hybridized carbons (Fsp3) is 0.538. The number of nitrogens with zero attached hydrogens (tertiary/aromatic N) is 2. The van der Waals surface area contributed by atoms with Crippen molar-refractivity contribution in [1.29, 1.82) is 0 Å². The Bertz CT molecular complexity index is 1400. The summed E-state index contributed by atoms with van der Waals surface area (Å²) in [7, 11) is 1.85. The Morgan fingerprint density at radius 1 is 1.13 bits per heavy atom. The zero-order chi connectivity index (χ0) is 32.6. The molecule has 45 heavy (non-hydrogen) atoms. The van der Waals surface area contributed by atoms with Crippen LogP contribution in [0.25, 0.3) is 11.1 Å². The van der Waals surface area contributed by atoms with Gasteiger partial charge in [-0.3, -0.25) is 9.79 Å². The van der Waals surface area contributed by atoms with Gasteiger partial charge in [0.1, 0.15) is 0 Å². The largest absolute Gasteiger partial charge is 0.396 e. The third-order valence-electron chi connectivity index (χ3n) is 10.1. The van der Waals surface area contributed by atoms with Gasteiger partial charge in [-0.25, -0.2) is 0 Å². The molecule has 5 nitrogen and oxygen atoms in total. The van der Waals surface area contributed by atoms with Crippen molar-refractivity contribution < 1.29 is 9.90 Å². The Morgan fingerprint density at radius 3 is 2.47 bits per heavy atom. The molecule has 1 amide bonds.